The van der Waals surface area contributed by atoms with E-state index in [0.717, 1.165) is 0 Å². The lowest BCUT2D eigenvalue weighted by atomic mass is 9.99. The van der Waals surface area contributed by atoms with Gasteiger partial charge in [-0.05, 0) is 31.7 Å². The molecular weight excluding hydrogens is 257 g/mol. The second-order valence-electron chi connectivity index (χ2n) is 5.48. The third-order valence-corrected chi connectivity index (χ3v) is 4.18. The fraction of sp³-hybridized carbons (Fsp3) is 0.533. The maximum atomic E-state index is 14.2. The van der Waals surface area contributed by atoms with Gasteiger partial charge in [0.1, 0.15) is 5.82 Å². The molecule has 4 nitrogen and oxygen atoms in total. The van der Waals surface area contributed by atoms with Crippen molar-refractivity contribution in [3.8, 4) is 0 Å². The van der Waals surface area contributed by atoms with Gasteiger partial charge in [-0.25, -0.2) is 4.39 Å². The fourth-order valence-electron chi connectivity index (χ4n) is 2.86. The van der Waals surface area contributed by atoms with E-state index < -0.39 is 5.82 Å². The van der Waals surface area contributed by atoms with Gasteiger partial charge in [0, 0.05) is 18.2 Å². The Morgan fingerprint density at radius 2 is 2.20 bits per heavy atom. The molecule has 0 heterocycles. The first-order chi connectivity index (χ1) is 9.63. The highest BCUT2D eigenvalue weighted by atomic mass is 19.1. The number of nitrogens with one attached hydrogen (secondary N) is 1. The zero-order valence-electron chi connectivity index (χ0n) is 11.8. The summed E-state index contributed by atoms with van der Waals surface area (Å²) in [5, 5.41) is 14.9. The van der Waals surface area contributed by atoms with E-state index in [1.165, 1.54) is 31.7 Å². The predicted molar refractivity (Wildman–Crippen MR) is 77.2 cm³/mol. The van der Waals surface area contributed by atoms with Gasteiger partial charge >= 0.3 is 0 Å². The van der Waals surface area contributed by atoms with Crippen molar-refractivity contribution in [3.63, 3.8) is 0 Å². The monoisotopic (exact) mass is 279 g/mol. The molecular formula is C15H22FN3O. The molecule has 4 N–H and O–H groups in total. The minimum absolute atomic E-state index is 0.139. The van der Waals surface area contributed by atoms with E-state index in [0.29, 0.717) is 24.1 Å². The second kappa shape index (κ2) is 6.70. The Bertz CT molecular complexity index is 484. The maximum absolute atomic E-state index is 14.2. The lowest BCUT2D eigenvalue weighted by molar-refractivity contribution is 0.318. The molecule has 0 aliphatic heterocycles. The Balaban J connectivity index is 2.02. The number of rotatable bonds is 5. The minimum Gasteiger partial charge on any atom is -0.409 e. The second-order valence-corrected chi connectivity index (χ2v) is 5.48. The average Bonchev–Trinajstić information content (AvgIpc) is 2.99. The Morgan fingerprint density at radius 1 is 1.50 bits per heavy atom. The van der Waals surface area contributed by atoms with Crippen LogP contribution in [0.3, 0.4) is 0 Å². The van der Waals surface area contributed by atoms with Crippen molar-refractivity contribution < 1.29 is 9.60 Å². The number of hydrogen-bond acceptors (Lipinski definition) is 3. The van der Waals surface area contributed by atoms with E-state index >= 15 is 0 Å². The van der Waals surface area contributed by atoms with Crippen LogP contribution in [0.5, 0.6) is 0 Å². The zero-order valence-corrected chi connectivity index (χ0v) is 11.8. The van der Waals surface area contributed by atoms with Crippen LogP contribution >= 0.6 is 0 Å². The van der Waals surface area contributed by atoms with Gasteiger partial charge in [-0.1, -0.05) is 30.1 Å². The molecule has 0 saturated heterocycles. The summed E-state index contributed by atoms with van der Waals surface area (Å²) in [6.45, 7) is 2.61. The molecule has 1 atom stereocenters. The van der Waals surface area contributed by atoms with Crippen molar-refractivity contribution in [1.29, 1.82) is 0 Å². The number of halogens is 1. The summed E-state index contributed by atoms with van der Waals surface area (Å²) < 4.78 is 14.2. The first-order valence-corrected chi connectivity index (χ1v) is 7.12. The van der Waals surface area contributed by atoms with E-state index in [9.17, 15) is 4.39 Å². The van der Waals surface area contributed by atoms with Crippen LogP contribution in [-0.4, -0.2) is 17.1 Å². The highest BCUT2D eigenvalue weighted by Crippen LogP contribution is 2.27. The van der Waals surface area contributed by atoms with Crippen molar-refractivity contribution in [3.05, 3.63) is 35.1 Å². The lowest BCUT2D eigenvalue weighted by Gasteiger charge is -2.20. The summed E-state index contributed by atoms with van der Waals surface area (Å²) in [5.74, 6) is 0.0624. The Morgan fingerprint density at radius 3 is 2.85 bits per heavy atom. The standard InChI is InChI=1S/C15H22FN3O/c1-10(11-5-2-3-6-11)18-9-12-7-4-8-13(14(12)16)15(17)19-20/h4,7-8,10-11,18,20H,2-3,5-6,9H2,1H3,(H2,17,19). The van der Waals surface area contributed by atoms with Crippen molar-refractivity contribution >= 4 is 5.84 Å². The van der Waals surface area contributed by atoms with Gasteiger partial charge in [0.2, 0.25) is 0 Å². The Hall–Kier alpha value is -1.62. The van der Waals surface area contributed by atoms with Crippen LogP contribution in [0.4, 0.5) is 4.39 Å². The number of hydrogen-bond donors (Lipinski definition) is 3. The number of amidine groups is 1. The van der Waals surface area contributed by atoms with Crippen LogP contribution in [0.1, 0.15) is 43.7 Å². The van der Waals surface area contributed by atoms with Crippen LogP contribution in [0, 0.1) is 11.7 Å². The molecule has 5 heteroatoms. The van der Waals surface area contributed by atoms with E-state index in [4.69, 9.17) is 10.9 Å². The zero-order chi connectivity index (χ0) is 14.5. The summed E-state index contributed by atoms with van der Waals surface area (Å²) in [4.78, 5) is 0. The van der Waals surface area contributed by atoms with Crippen molar-refractivity contribution in [1.82, 2.24) is 5.32 Å². The highest BCUT2D eigenvalue weighted by molar-refractivity contribution is 5.97. The van der Waals surface area contributed by atoms with Gasteiger partial charge in [-0.3, -0.25) is 0 Å². The molecule has 1 aliphatic rings. The first-order valence-electron chi connectivity index (χ1n) is 7.12. The predicted octanol–water partition coefficient (Wildman–Crippen LogP) is 2.59. The summed E-state index contributed by atoms with van der Waals surface area (Å²) in [5.41, 5.74) is 6.14. The highest BCUT2D eigenvalue weighted by Gasteiger charge is 2.21. The first kappa shape index (κ1) is 14.8. The molecule has 1 aromatic carbocycles. The quantitative estimate of drug-likeness (QED) is 0.336. The number of oxime groups is 1. The van der Waals surface area contributed by atoms with Crippen molar-refractivity contribution in [2.45, 2.75) is 45.2 Å². The van der Waals surface area contributed by atoms with Crippen molar-refractivity contribution in [2.75, 3.05) is 0 Å². The van der Waals surface area contributed by atoms with Crippen LogP contribution in [0.15, 0.2) is 23.4 Å². The Labute approximate surface area is 118 Å². The largest absolute Gasteiger partial charge is 0.409 e. The molecule has 20 heavy (non-hydrogen) atoms. The van der Waals surface area contributed by atoms with Crippen LogP contribution in [0.2, 0.25) is 0 Å². The molecule has 0 spiro atoms. The van der Waals surface area contributed by atoms with Crippen LogP contribution in [0.25, 0.3) is 0 Å². The van der Waals surface area contributed by atoms with Gasteiger partial charge in [0.05, 0.1) is 5.56 Å². The molecule has 0 amide bonds. The van der Waals surface area contributed by atoms with Gasteiger partial charge in [0.25, 0.3) is 0 Å². The Kier molecular flexibility index (Phi) is 4.95. The van der Waals surface area contributed by atoms with Crippen LogP contribution < -0.4 is 11.1 Å². The van der Waals surface area contributed by atoms with Gasteiger partial charge < -0.3 is 16.3 Å². The SMILES string of the molecule is CC(NCc1cccc(/C(N)=N/O)c1F)C1CCCC1. The molecule has 1 aliphatic carbocycles. The molecule has 1 fully saturated rings. The summed E-state index contributed by atoms with van der Waals surface area (Å²) in [7, 11) is 0. The third kappa shape index (κ3) is 3.28. The average molecular weight is 279 g/mol. The number of benzene rings is 1. The number of nitrogens with two attached hydrogens (primary N) is 1. The normalized spacial score (nSPS) is 18.4. The summed E-state index contributed by atoms with van der Waals surface area (Å²) >= 11 is 0. The maximum Gasteiger partial charge on any atom is 0.173 e. The van der Waals surface area contributed by atoms with E-state index in [1.807, 2.05) is 0 Å². The topological polar surface area (TPSA) is 70.6 Å². The molecule has 2 rings (SSSR count). The molecule has 1 saturated carbocycles. The molecule has 1 unspecified atom stereocenters. The smallest absolute Gasteiger partial charge is 0.173 e. The number of nitrogens with zero attached hydrogens (tertiary/aromatic N) is 1. The van der Waals surface area contributed by atoms with E-state index in [2.05, 4.69) is 17.4 Å². The molecule has 0 radical (unpaired) electrons. The third-order valence-electron chi connectivity index (χ3n) is 4.18. The van der Waals surface area contributed by atoms with Gasteiger partial charge in [-0.2, -0.15) is 0 Å². The lowest BCUT2D eigenvalue weighted by Crippen LogP contribution is -2.32. The van der Waals surface area contributed by atoms with E-state index in [-0.39, 0.29) is 11.4 Å². The molecule has 0 aromatic heterocycles. The summed E-state index contributed by atoms with van der Waals surface area (Å²) in [6, 6.07) is 5.32. The molecule has 0 bridgehead atoms. The van der Waals surface area contributed by atoms with Crippen molar-refractivity contribution in [2.24, 2.45) is 16.8 Å². The summed E-state index contributed by atoms with van der Waals surface area (Å²) in [6.07, 6.45) is 5.09. The van der Waals surface area contributed by atoms with E-state index in [1.54, 1.807) is 12.1 Å². The van der Waals surface area contributed by atoms with Gasteiger partial charge in [-0.15, -0.1) is 0 Å². The fourth-order valence-corrected chi connectivity index (χ4v) is 2.86. The molecule has 1 aromatic rings. The van der Waals surface area contributed by atoms with Crippen LogP contribution in [-0.2, 0) is 6.54 Å². The minimum atomic E-state index is -0.422. The van der Waals surface area contributed by atoms with Gasteiger partial charge in [0.15, 0.2) is 5.84 Å². The molecule has 110 valence electrons.